The fourth-order valence-corrected chi connectivity index (χ4v) is 4.98. The summed E-state index contributed by atoms with van der Waals surface area (Å²) in [5, 5.41) is 10.8. The molecule has 2 aromatic carbocycles. The summed E-state index contributed by atoms with van der Waals surface area (Å²) in [7, 11) is 4.16. The summed E-state index contributed by atoms with van der Waals surface area (Å²) in [6.07, 6.45) is 0. The highest BCUT2D eigenvalue weighted by atomic mass is 19.1. The number of nitrogens with zero attached hydrogens (tertiary/aromatic N) is 7. The van der Waals surface area contributed by atoms with Crippen LogP contribution in [0.5, 0.6) is 0 Å². The van der Waals surface area contributed by atoms with Gasteiger partial charge in [-0.15, -0.1) is 10.2 Å². The van der Waals surface area contributed by atoms with Crippen molar-refractivity contribution in [3.05, 3.63) is 60.0 Å². The van der Waals surface area contributed by atoms with E-state index in [0.717, 1.165) is 74.6 Å². The molecule has 2 aliphatic heterocycles. The maximum absolute atomic E-state index is 13.4. The molecule has 3 aromatic rings. The minimum atomic E-state index is -0.222. The van der Waals surface area contributed by atoms with Gasteiger partial charge in [-0.1, -0.05) is 24.3 Å². The zero-order chi connectivity index (χ0) is 25.1. The third-order valence-corrected chi connectivity index (χ3v) is 7.16. The maximum Gasteiger partial charge on any atom is 0.275 e. The number of hydrogen-bond acceptors (Lipinski definition) is 7. The van der Waals surface area contributed by atoms with E-state index < -0.39 is 0 Å². The number of aromatic nitrogens is 2. The Morgan fingerprint density at radius 2 is 1.47 bits per heavy atom. The molecule has 2 saturated heterocycles. The minimum Gasteiger partial charge on any atom is -0.368 e. The van der Waals surface area contributed by atoms with Gasteiger partial charge in [0.05, 0.1) is 0 Å². The van der Waals surface area contributed by atoms with E-state index >= 15 is 0 Å². The van der Waals surface area contributed by atoms with Crippen LogP contribution in [0.15, 0.2) is 48.5 Å². The Bertz CT molecular complexity index is 1190. The fraction of sp³-hybridized carbons (Fsp3) is 0.444. The monoisotopic (exact) mass is 491 g/mol. The summed E-state index contributed by atoms with van der Waals surface area (Å²) in [4.78, 5) is 24.4. The third kappa shape index (κ3) is 5.27. The van der Waals surface area contributed by atoms with Crippen LogP contribution in [0.1, 0.15) is 10.5 Å². The van der Waals surface area contributed by atoms with Crippen LogP contribution in [0.4, 0.5) is 15.9 Å². The Balaban J connectivity index is 1.29. The van der Waals surface area contributed by atoms with E-state index in [1.165, 1.54) is 12.1 Å². The standard InChI is InChI=1S/C27H34FN7O/c1-31(2)11-12-32-13-15-35(16-14-32)27(36)25-23-5-3-4-6-24(23)26(30-29-25)34-19-17-33(18-20-34)22-9-7-21(28)8-10-22/h3-10H,11-20H2,1-2H3. The van der Waals surface area contributed by atoms with Crippen LogP contribution in [0, 0.1) is 5.82 Å². The number of amides is 1. The van der Waals surface area contributed by atoms with Crippen LogP contribution in [0.3, 0.4) is 0 Å². The van der Waals surface area contributed by atoms with Crippen LogP contribution < -0.4 is 9.80 Å². The molecule has 9 heteroatoms. The zero-order valence-electron chi connectivity index (χ0n) is 21.1. The quantitative estimate of drug-likeness (QED) is 0.525. The molecule has 0 spiro atoms. The molecule has 1 aromatic heterocycles. The van der Waals surface area contributed by atoms with Crippen LogP contribution in [-0.2, 0) is 0 Å². The van der Waals surface area contributed by atoms with E-state index in [-0.39, 0.29) is 11.7 Å². The van der Waals surface area contributed by atoms with Crippen molar-refractivity contribution in [1.29, 1.82) is 0 Å². The zero-order valence-corrected chi connectivity index (χ0v) is 21.1. The second-order valence-electron chi connectivity index (χ2n) is 9.81. The number of piperazine rings is 2. The van der Waals surface area contributed by atoms with Crippen LogP contribution in [0.25, 0.3) is 10.8 Å². The van der Waals surface area contributed by atoms with Crippen molar-refractivity contribution < 1.29 is 9.18 Å². The SMILES string of the molecule is CN(C)CCN1CCN(C(=O)c2nnc(N3CCN(c4ccc(F)cc4)CC3)c3ccccc23)CC1. The Hall–Kier alpha value is -3.30. The van der Waals surface area contributed by atoms with Crippen molar-refractivity contribution in [2.24, 2.45) is 0 Å². The smallest absolute Gasteiger partial charge is 0.275 e. The molecule has 190 valence electrons. The maximum atomic E-state index is 13.4. The Morgan fingerprint density at radius 1 is 0.833 bits per heavy atom. The molecular weight excluding hydrogens is 457 g/mol. The van der Waals surface area contributed by atoms with Gasteiger partial charge < -0.3 is 19.6 Å². The highest BCUT2D eigenvalue weighted by molar-refractivity contribution is 6.07. The van der Waals surface area contributed by atoms with Crippen molar-refractivity contribution in [2.45, 2.75) is 0 Å². The van der Waals surface area contributed by atoms with E-state index in [9.17, 15) is 9.18 Å². The Kier molecular flexibility index (Phi) is 7.29. The second kappa shape index (κ2) is 10.8. The van der Waals surface area contributed by atoms with Gasteiger partial charge in [0.1, 0.15) is 5.82 Å². The molecule has 2 fully saturated rings. The average Bonchev–Trinajstić information content (AvgIpc) is 2.92. The second-order valence-corrected chi connectivity index (χ2v) is 9.81. The number of anilines is 2. The van der Waals surface area contributed by atoms with Crippen molar-refractivity contribution >= 4 is 28.2 Å². The van der Waals surface area contributed by atoms with Crippen molar-refractivity contribution in [2.75, 3.05) is 89.3 Å². The van der Waals surface area contributed by atoms with Gasteiger partial charge in [-0.25, -0.2) is 4.39 Å². The molecule has 36 heavy (non-hydrogen) atoms. The van der Waals surface area contributed by atoms with Gasteiger partial charge >= 0.3 is 0 Å². The molecule has 0 bridgehead atoms. The van der Waals surface area contributed by atoms with Crippen LogP contribution >= 0.6 is 0 Å². The summed E-state index contributed by atoms with van der Waals surface area (Å²) in [5.41, 5.74) is 1.45. The molecule has 8 nitrogen and oxygen atoms in total. The van der Waals surface area contributed by atoms with Gasteiger partial charge in [0, 0.05) is 81.9 Å². The number of fused-ring (bicyclic) bond motifs is 1. The topological polar surface area (TPSA) is 59.1 Å². The summed E-state index contributed by atoms with van der Waals surface area (Å²) < 4.78 is 13.3. The molecule has 2 aliphatic rings. The summed E-state index contributed by atoms with van der Waals surface area (Å²) >= 11 is 0. The van der Waals surface area contributed by atoms with E-state index in [2.05, 4.69) is 43.9 Å². The Labute approximate surface area is 211 Å². The number of likely N-dealkylation sites (N-methyl/N-ethyl adjacent to an activating group) is 1. The first kappa shape index (κ1) is 24.4. The summed E-state index contributed by atoms with van der Waals surface area (Å²) in [6.45, 7) is 8.36. The molecule has 1 amide bonds. The molecule has 0 atom stereocenters. The lowest BCUT2D eigenvalue weighted by atomic mass is 10.1. The molecular formula is C27H34FN7O. The third-order valence-electron chi connectivity index (χ3n) is 7.16. The fourth-order valence-electron chi connectivity index (χ4n) is 4.98. The minimum absolute atomic E-state index is 0.0429. The number of carbonyl (C=O) groups excluding carboxylic acids is 1. The van der Waals surface area contributed by atoms with E-state index in [4.69, 9.17) is 0 Å². The predicted molar refractivity (Wildman–Crippen MR) is 141 cm³/mol. The highest BCUT2D eigenvalue weighted by Gasteiger charge is 2.27. The molecule has 0 saturated carbocycles. The number of hydrogen-bond donors (Lipinski definition) is 0. The van der Waals surface area contributed by atoms with Gasteiger partial charge in [0.2, 0.25) is 0 Å². The lowest BCUT2D eigenvalue weighted by Crippen LogP contribution is -2.50. The summed E-state index contributed by atoms with van der Waals surface area (Å²) in [6, 6.07) is 14.6. The highest BCUT2D eigenvalue weighted by Crippen LogP contribution is 2.28. The van der Waals surface area contributed by atoms with Gasteiger partial charge in [0.15, 0.2) is 11.5 Å². The normalized spacial score (nSPS) is 17.3. The first-order valence-electron chi connectivity index (χ1n) is 12.7. The van der Waals surface area contributed by atoms with E-state index in [1.54, 1.807) is 0 Å². The van der Waals surface area contributed by atoms with Gasteiger partial charge in [-0.05, 0) is 38.4 Å². The molecule has 0 aliphatic carbocycles. The predicted octanol–water partition coefficient (Wildman–Crippen LogP) is 2.41. The first-order valence-corrected chi connectivity index (χ1v) is 12.7. The van der Waals surface area contributed by atoms with E-state index in [1.807, 2.05) is 41.3 Å². The molecule has 0 radical (unpaired) electrons. The Morgan fingerprint density at radius 3 is 2.14 bits per heavy atom. The lowest BCUT2D eigenvalue weighted by Gasteiger charge is -2.37. The van der Waals surface area contributed by atoms with Gasteiger partial charge in [-0.2, -0.15) is 0 Å². The van der Waals surface area contributed by atoms with Crippen LogP contribution in [0.2, 0.25) is 0 Å². The van der Waals surface area contributed by atoms with Crippen LogP contribution in [-0.4, -0.2) is 110 Å². The molecule has 0 N–H and O–H groups in total. The van der Waals surface area contributed by atoms with Gasteiger partial charge in [-0.3, -0.25) is 9.69 Å². The van der Waals surface area contributed by atoms with Gasteiger partial charge in [0.25, 0.3) is 5.91 Å². The number of benzene rings is 2. The first-order chi connectivity index (χ1) is 17.5. The molecule has 0 unspecified atom stereocenters. The average molecular weight is 492 g/mol. The van der Waals surface area contributed by atoms with E-state index in [0.29, 0.717) is 18.8 Å². The number of carbonyl (C=O) groups is 1. The molecule has 5 rings (SSSR count). The van der Waals surface area contributed by atoms with Crippen molar-refractivity contribution in [3.8, 4) is 0 Å². The lowest BCUT2D eigenvalue weighted by molar-refractivity contribution is 0.0625. The molecule has 3 heterocycles. The largest absolute Gasteiger partial charge is 0.368 e. The van der Waals surface area contributed by atoms with Crippen molar-refractivity contribution in [1.82, 2.24) is 24.9 Å². The van der Waals surface area contributed by atoms with Crippen molar-refractivity contribution in [3.63, 3.8) is 0 Å². The number of rotatable bonds is 6. The number of halogens is 1. The summed E-state index contributed by atoms with van der Waals surface area (Å²) in [5.74, 6) is 0.549.